The highest BCUT2D eigenvalue weighted by Gasteiger charge is 2.34. The second kappa shape index (κ2) is 7.95. The van der Waals surface area contributed by atoms with E-state index in [1.54, 1.807) is 0 Å². The summed E-state index contributed by atoms with van der Waals surface area (Å²) in [5, 5.41) is 10.6. The maximum Gasteiger partial charge on any atom is 0.225 e. The molecule has 1 N–H and O–H groups in total. The predicted octanol–water partition coefficient (Wildman–Crippen LogP) is 1.64. The molecule has 23 heavy (non-hydrogen) atoms. The molecule has 5 heteroatoms. The second-order valence-corrected chi connectivity index (χ2v) is 7.70. The van der Waals surface area contributed by atoms with Crippen LogP contribution in [0.1, 0.15) is 51.4 Å². The number of rotatable bonds is 4. The molecule has 0 aromatic rings. The first-order valence-electron chi connectivity index (χ1n) is 9.45. The molecule has 0 radical (unpaired) electrons. The van der Waals surface area contributed by atoms with Gasteiger partial charge < -0.3 is 14.7 Å². The molecule has 0 unspecified atom stereocenters. The van der Waals surface area contributed by atoms with E-state index in [4.69, 9.17) is 4.74 Å². The Morgan fingerprint density at radius 3 is 2.35 bits per heavy atom. The summed E-state index contributed by atoms with van der Waals surface area (Å²) in [5.74, 6) is 0.870. The van der Waals surface area contributed by atoms with Crippen LogP contribution < -0.4 is 0 Å². The molecule has 2 saturated heterocycles. The lowest BCUT2D eigenvalue weighted by Gasteiger charge is -2.38. The standard InChI is InChI=1S/C18H32N2O3/c21-17(14-18(22)6-2-1-3-7-18)20-8-4-16(5-9-20)15-19-10-12-23-13-11-19/h16,22H,1-15H2. The number of carbonyl (C=O) groups is 1. The minimum atomic E-state index is -0.722. The van der Waals surface area contributed by atoms with Gasteiger partial charge in [-0.1, -0.05) is 19.3 Å². The van der Waals surface area contributed by atoms with Gasteiger partial charge >= 0.3 is 0 Å². The van der Waals surface area contributed by atoms with Crippen LogP contribution in [0.5, 0.6) is 0 Å². The van der Waals surface area contributed by atoms with Crippen LogP contribution >= 0.6 is 0 Å². The molecular formula is C18H32N2O3. The van der Waals surface area contributed by atoms with Gasteiger partial charge in [-0.2, -0.15) is 0 Å². The van der Waals surface area contributed by atoms with E-state index < -0.39 is 5.60 Å². The van der Waals surface area contributed by atoms with E-state index in [0.29, 0.717) is 12.3 Å². The number of morpholine rings is 1. The monoisotopic (exact) mass is 324 g/mol. The number of carbonyl (C=O) groups excluding carboxylic acids is 1. The highest BCUT2D eigenvalue weighted by atomic mass is 16.5. The third-order valence-electron chi connectivity index (χ3n) is 5.85. The van der Waals surface area contributed by atoms with E-state index in [-0.39, 0.29) is 5.91 Å². The molecular weight excluding hydrogens is 292 g/mol. The van der Waals surface area contributed by atoms with Gasteiger partial charge in [0.15, 0.2) is 0 Å². The molecule has 3 fully saturated rings. The molecule has 1 saturated carbocycles. The fourth-order valence-electron chi connectivity index (χ4n) is 4.29. The minimum absolute atomic E-state index is 0.166. The van der Waals surface area contributed by atoms with Gasteiger partial charge in [0, 0.05) is 32.7 Å². The summed E-state index contributed by atoms with van der Waals surface area (Å²) in [6.45, 7) is 6.69. The number of ether oxygens (including phenoxy) is 1. The SMILES string of the molecule is O=C(CC1(O)CCCCC1)N1CCC(CN2CCOCC2)CC1. The zero-order valence-corrected chi connectivity index (χ0v) is 14.3. The Hall–Kier alpha value is -0.650. The van der Waals surface area contributed by atoms with Crippen molar-refractivity contribution in [2.45, 2.75) is 57.0 Å². The first kappa shape index (κ1) is 17.2. The van der Waals surface area contributed by atoms with Gasteiger partial charge in [0.25, 0.3) is 0 Å². The van der Waals surface area contributed by atoms with E-state index >= 15 is 0 Å². The van der Waals surface area contributed by atoms with Gasteiger partial charge in [0.1, 0.15) is 0 Å². The summed E-state index contributed by atoms with van der Waals surface area (Å²) in [5.41, 5.74) is -0.722. The Bertz CT molecular complexity index is 382. The summed E-state index contributed by atoms with van der Waals surface area (Å²) in [4.78, 5) is 17.0. The van der Waals surface area contributed by atoms with Crippen molar-refractivity contribution in [1.82, 2.24) is 9.80 Å². The highest BCUT2D eigenvalue weighted by molar-refractivity contribution is 5.77. The number of nitrogens with zero attached hydrogens (tertiary/aromatic N) is 2. The van der Waals surface area contributed by atoms with Crippen molar-refractivity contribution in [3.8, 4) is 0 Å². The summed E-state index contributed by atoms with van der Waals surface area (Å²) >= 11 is 0. The van der Waals surface area contributed by atoms with Gasteiger partial charge in [-0.15, -0.1) is 0 Å². The number of amides is 1. The molecule has 3 rings (SSSR count). The van der Waals surface area contributed by atoms with Crippen molar-refractivity contribution in [2.75, 3.05) is 45.9 Å². The van der Waals surface area contributed by atoms with E-state index in [0.717, 1.165) is 84.5 Å². The summed E-state index contributed by atoms with van der Waals surface area (Å²) in [6.07, 6.45) is 7.45. The number of likely N-dealkylation sites (tertiary alicyclic amines) is 1. The molecule has 3 aliphatic rings. The van der Waals surface area contributed by atoms with Crippen molar-refractivity contribution in [1.29, 1.82) is 0 Å². The van der Waals surface area contributed by atoms with Crippen LogP contribution in [0, 0.1) is 5.92 Å². The van der Waals surface area contributed by atoms with Crippen LogP contribution in [0.25, 0.3) is 0 Å². The van der Waals surface area contributed by atoms with E-state index in [2.05, 4.69) is 4.90 Å². The maximum absolute atomic E-state index is 12.5. The van der Waals surface area contributed by atoms with Gasteiger partial charge in [0.2, 0.25) is 5.91 Å². The predicted molar refractivity (Wildman–Crippen MR) is 89.2 cm³/mol. The molecule has 5 nitrogen and oxygen atoms in total. The van der Waals surface area contributed by atoms with Crippen LogP contribution in [0.2, 0.25) is 0 Å². The van der Waals surface area contributed by atoms with Crippen molar-refractivity contribution in [3.63, 3.8) is 0 Å². The van der Waals surface area contributed by atoms with Gasteiger partial charge in [-0.25, -0.2) is 0 Å². The number of piperidine rings is 1. The Morgan fingerprint density at radius 2 is 1.70 bits per heavy atom. The topological polar surface area (TPSA) is 53.0 Å². The number of hydrogen-bond donors (Lipinski definition) is 1. The molecule has 0 atom stereocenters. The van der Waals surface area contributed by atoms with E-state index in [9.17, 15) is 9.90 Å². The van der Waals surface area contributed by atoms with Crippen LogP contribution in [0.4, 0.5) is 0 Å². The fourth-order valence-corrected chi connectivity index (χ4v) is 4.29. The van der Waals surface area contributed by atoms with Gasteiger partial charge in [-0.3, -0.25) is 9.69 Å². The van der Waals surface area contributed by atoms with Crippen molar-refractivity contribution >= 4 is 5.91 Å². The number of aliphatic hydroxyl groups is 1. The van der Waals surface area contributed by atoms with E-state index in [1.807, 2.05) is 4.90 Å². The second-order valence-electron chi connectivity index (χ2n) is 7.70. The summed E-state index contributed by atoms with van der Waals surface area (Å²) < 4.78 is 5.40. The lowest BCUT2D eigenvalue weighted by Crippen LogP contribution is -2.46. The molecule has 0 aromatic carbocycles. The first-order valence-corrected chi connectivity index (χ1v) is 9.45. The Morgan fingerprint density at radius 1 is 1.04 bits per heavy atom. The smallest absolute Gasteiger partial charge is 0.225 e. The van der Waals surface area contributed by atoms with Crippen molar-refractivity contribution in [2.24, 2.45) is 5.92 Å². The minimum Gasteiger partial charge on any atom is -0.389 e. The van der Waals surface area contributed by atoms with Gasteiger partial charge in [0.05, 0.1) is 25.2 Å². The van der Waals surface area contributed by atoms with Gasteiger partial charge in [-0.05, 0) is 31.6 Å². The molecule has 1 amide bonds. The normalized spacial score (nSPS) is 27.1. The third-order valence-corrected chi connectivity index (χ3v) is 5.85. The fraction of sp³-hybridized carbons (Fsp3) is 0.944. The Labute approximate surface area is 140 Å². The lowest BCUT2D eigenvalue weighted by molar-refractivity contribution is -0.139. The number of hydrogen-bond acceptors (Lipinski definition) is 4. The summed E-state index contributed by atoms with van der Waals surface area (Å²) in [7, 11) is 0. The Kier molecular flexibility index (Phi) is 5.94. The summed E-state index contributed by atoms with van der Waals surface area (Å²) in [6, 6.07) is 0. The molecule has 1 aliphatic carbocycles. The van der Waals surface area contributed by atoms with Crippen LogP contribution in [0.15, 0.2) is 0 Å². The highest BCUT2D eigenvalue weighted by Crippen LogP contribution is 2.32. The Balaban J connectivity index is 1.40. The molecule has 0 aromatic heterocycles. The molecule has 2 aliphatic heterocycles. The molecule has 0 bridgehead atoms. The van der Waals surface area contributed by atoms with Crippen LogP contribution in [0.3, 0.4) is 0 Å². The maximum atomic E-state index is 12.5. The van der Waals surface area contributed by atoms with Crippen LogP contribution in [-0.4, -0.2) is 72.4 Å². The zero-order chi connectivity index (χ0) is 16.1. The molecule has 2 heterocycles. The average molecular weight is 324 g/mol. The average Bonchev–Trinajstić information content (AvgIpc) is 2.57. The first-order chi connectivity index (χ1) is 11.1. The molecule has 0 spiro atoms. The van der Waals surface area contributed by atoms with Crippen molar-refractivity contribution < 1.29 is 14.6 Å². The largest absolute Gasteiger partial charge is 0.389 e. The van der Waals surface area contributed by atoms with Crippen LogP contribution in [-0.2, 0) is 9.53 Å². The quantitative estimate of drug-likeness (QED) is 0.854. The molecule has 132 valence electrons. The lowest BCUT2D eigenvalue weighted by atomic mass is 9.82. The van der Waals surface area contributed by atoms with Crippen molar-refractivity contribution in [3.05, 3.63) is 0 Å². The van der Waals surface area contributed by atoms with E-state index in [1.165, 1.54) is 6.42 Å². The third kappa shape index (κ3) is 4.91. The zero-order valence-electron chi connectivity index (χ0n) is 14.3.